The SMILES string of the molecule is Cc1ccc(C2=C(c3ccc(C)cc3)C3=C(c4c(C)cc(C)cc4C)c4[nH]c(c(-c5ccc(C)cc5)c4-c4ccc(C)cc4)C(c4c(C)cc(C)cc4C)=C4N=C(C(c5ccc(C)cc5)=C4c4ccc(C)cc4)C(c4c(C)cc(C)cc4C)=c4[nH]c(c(-c5ccc(C)cc5)c4-c4ccc(C)cc4)=C(c4c(C)cc(C)cc4C)C2=N3)cc1. The van der Waals surface area contributed by atoms with E-state index in [-0.39, 0.29) is 0 Å². The maximum absolute atomic E-state index is 6.88. The molecule has 0 saturated heterocycles. The van der Waals surface area contributed by atoms with E-state index in [0.29, 0.717) is 0 Å². The predicted octanol–water partition coefficient (Wildman–Crippen LogP) is 26.9. The summed E-state index contributed by atoms with van der Waals surface area (Å²) in [7, 11) is 0. The maximum Gasteiger partial charge on any atom is 0.0822 e. The van der Waals surface area contributed by atoms with E-state index in [4.69, 9.17) is 20.0 Å². The molecule has 14 aromatic rings. The highest BCUT2D eigenvalue weighted by atomic mass is 14.9. The fraction of sp³-hybridized carbons (Fsp3) is 0.179. The lowest BCUT2D eigenvalue weighted by Crippen LogP contribution is -2.25. The van der Waals surface area contributed by atoms with Crippen molar-refractivity contribution < 1.29 is 0 Å². The number of benzene rings is 12. The molecule has 2 aromatic heterocycles. The molecule has 0 radical (unpaired) electrons. The van der Waals surface area contributed by atoms with Gasteiger partial charge in [0.15, 0.2) is 0 Å². The molecule has 0 atom stereocenters. The number of nitrogens with zero attached hydrogens (tertiary/aromatic N) is 2. The average Bonchev–Trinajstić information content (AvgIpc) is 1.54. The van der Waals surface area contributed by atoms with Gasteiger partial charge in [-0.1, -0.05) is 309 Å². The lowest BCUT2D eigenvalue weighted by molar-refractivity contribution is 1.22. The minimum Gasteiger partial charge on any atom is -0.353 e. The number of aryl methyl sites for hydroxylation is 20. The van der Waals surface area contributed by atoms with Crippen LogP contribution < -0.4 is 10.7 Å². The highest BCUT2D eigenvalue weighted by molar-refractivity contribution is 6.53. The van der Waals surface area contributed by atoms with Crippen molar-refractivity contribution >= 4 is 56.0 Å². The van der Waals surface area contributed by atoms with Crippen molar-refractivity contribution in [1.29, 1.82) is 0 Å². The van der Waals surface area contributed by atoms with Crippen molar-refractivity contribution in [2.75, 3.05) is 0 Å². The van der Waals surface area contributed by atoms with E-state index >= 15 is 0 Å². The van der Waals surface area contributed by atoms with Crippen LogP contribution in [0.4, 0.5) is 0 Å². The quantitative estimate of drug-likeness (QED) is 0.122. The first kappa shape index (κ1) is 75.9. The van der Waals surface area contributed by atoms with E-state index in [1.54, 1.807) is 0 Å². The molecule has 0 amide bonds. The summed E-state index contributed by atoms with van der Waals surface area (Å²) in [5, 5.41) is 1.90. The van der Waals surface area contributed by atoms with Crippen molar-refractivity contribution in [3.05, 3.63) is 432 Å². The zero-order valence-electron chi connectivity index (χ0n) is 71.0. The van der Waals surface area contributed by atoms with Crippen LogP contribution in [0.3, 0.4) is 0 Å². The number of rotatable bonds is 12. The fourth-order valence-corrected chi connectivity index (χ4v) is 19.2. The van der Waals surface area contributed by atoms with E-state index in [0.717, 1.165) is 223 Å². The Morgan fingerprint density at radius 2 is 0.353 bits per heavy atom. The van der Waals surface area contributed by atoms with Gasteiger partial charge in [0.2, 0.25) is 0 Å². The first-order valence-electron chi connectivity index (χ1n) is 41.1. The third-order valence-corrected chi connectivity index (χ3v) is 24.3. The zero-order chi connectivity index (χ0) is 81.1. The monoisotopic (exact) mass is 1500 g/mol. The van der Waals surface area contributed by atoms with Crippen LogP contribution >= 0.6 is 0 Å². The summed E-state index contributed by atoms with van der Waals surface area (Å²) in [5.74, 6) is 0. The topological polar surface area (TPSA) is 56.3 Å². The molecule has 0 unspecified atom stereocenters. The van der Waals surface area contributed by atoms with Crippen LogP contribution in [-0.4, -0.2) is 21.4 Å². The number of hydrogen-bond donors (Lipinski definition) is 2. The van der Waals surface area contributed by atoms with Gasteiger partial charge in [-0.15, -0.1) is 0 Å². The van der Waals surface area contributed by atoms with Crippen molar-refractivity contribution in [2.45, 2.75) is 138 Å². The largest absolute Gasteiger partial charge is 0.353 e. The number of hydrogen-bond acceptors (Lipinski definition) is 2. The Morgan fingerprint density at radius 3 is 0.578 bits per heavy atom. The number of aromatic amines is 2. The number of aliphatic imine (C=N–C) groups is 2. The van der Waals surface area contributed by atoms with Crippen molar-refractivity contribution in [3.63, 3.8) is 0 Å². The normalized spacial score (nSPS) is 13.6. The van der Waals surface area contributed by atoms with Crippen LogP contribution in [0.15, 0.2) is 264 Å². The Kier molecular flexibility index (Phi) is 19.6. The third-order valence-electron chi connectivity index (χ3n) is 24.3. The molecule has 0 fully saturated rings. The summed E-state index contributed by atoms with van der Waals surface area (Å²) < 4.78 is 0. The van der Waals surface area contributed by atoms with Gasteiger partial charge in [0, 0.05) is 66.8 Å². The molecular formula is C112H102N4. The Balaban J connectivity index is 1.31. The lowest BCUT2D eigenvalue weighted by atomic mass is 9.80. The first-order valence-corrected chi connectivity index (χ1v) is 41.1. The molecule has 4 nitrogen and oxygen atoms in total. The molecular weight excluding hydrogens is 1400 g/mol. The molecule has 2 N–H and O–H groups in total. The van der Waals surface area contributed by atoms with E-state index < -0.39 is 0 Å². The second-order valence-corrected chi connectivity index (χ2v) is 33.9. The van der Waals surface area contributed by atoms with Crippen LogP contribution in [0.2, 0.25) is 0 Å². The number of allylic oxidation sites excluding steroid dienone is 4. The molecule has 2 aliphatic heterocycles. The molecule has 116 heavy (non-hydrogen) atoms. The Hall–Kier alpha value is -12.8. The van der Waals surface area contributed by atoms with Gasteiger partial charge in [-0.2, -0.15) is 0 Å². The highest BCUT2D eigenvalue weighted by Gasteiger charge is 2.41. The number of H-pyrrole nitrogens is 2. The van der Waals surface area contributed by atoms with Gasteiger partial charge < -0.3 is 9.97 Å². The smallest absolute Gasteiger partial charge is 0.0822 e. The van der Waals surface area contributed by atoms with Gasteiger partial charge in [-0.25, -0.2) is 9.98 Å². The molecule has 1 aliphatic carbocycles. The minimum absolute atomic E-state index is 0.860. The fourth-order valence-electron chi connectivity index (χ4n) is 19.2. The van der Waals surface area contributed by atoms with E-state index in [1.807, 2.05) is 0 Å². The first-order chi connectivity index (χ1) is 55.7. The molecule has 0 spiro atoms. The number of fused-ring (bicyclic) bond motifs is 10. The predicted molar refractivity (Wildman–Crippen MR) is 494 cm³/mol. The van der Waals surface area contributed by atoms with Crippen LogP contribution in [0.1, 0.15) is 167 Å². The van der Waals surface area contributed by atoms with Crippen LogP contribution in [0, 0.1) is 138 Å². The molecule has 4 heterocycles. The molecule has 570 valence electrons. The van der Waals surface area contributed by atoms with Gasteiger partial charge in [0.1, 0.15) is 0 Å². The highest BCUT2D eigenvalue weighted by Crippen LogP contribution is 2.56. The van der Waals surface area contributed by atoms with Crippen LogP contribution in [0.25, 0.3) is 89.1 Å². The van der Waals surface area contributed by atoms with Crippen LogP contribution in [0.5, 0.6) is 0 Å². The second-order valence-electron chi connectivity index (χ2n) is 33.9. The molecule has 3 aliphatic rings. The van der Waals surface area contributed by atoms with Gasteiger partial charge >= 0.3 is 0 Å². The van der Waals surface area contributed by atoms with Crippen molar-refractivity contribution in [1.82, 2.24) is 9.97 Å². The second kappa shape index (κ2) is 29.9. The summed E-state index contributed by atoms with van der Waals surface area (Å²) in [6.45, 7) is 45.2. The van der Waals surface area contributed by atoms with Gasteiger partial charge in [-0.3, -0.25) is 0 Å². The van der Waals surface area contributed by atoms with Gasteiger partial charge in [0.25, 0.3) is 0 Å². The maximum atomic E-state index is 6.88. The Bertz CT molecular complexity index is 6260. The molecule has 12 aromatic carbocycles. The van der Waals surface area contributed by atoms with E-state index in [9.17, 15) is 0 Å². The zero-order valence-corrected chi connectivity index (χ0v) is 71.0. The standard InChI is InChI=1S/C112H102N4/c1-61-21-37-81(38-22-61)93-94(82-39-23-62(2)24-40-82)106-102(90-75(15)55-70(10)56-76(90)16)108-97(85-45-29-65(5)30-46-85)98(86-47-31-66(6)32-48-86)110(115-108)104(92-79(19)59-72(12)60-80(92)20)112-100(88-51-35-68(8)36-52-88)99(87-49-33-67(7)34-50-87)111(116-112)103(91-77(17)57-71(11)58-78(91)18)109-96(84-43-27-64(4)28-44-84)95(83-41-25-63(3)26-42-83)107(114-109)101(105(93)113-106)89-73(13)53-69(9)54-74(89)14/h21-60,113,116H,1-20H3. The lowest BCUT2D eigenvalue weighted by Gasteiger charge is -2.21. The summed E-state index contributed by atoms with van der Waals surface area (Å²) in [5.41, 5.74) is 53.9. The number of nitrogens with one attached hydrogen (secondary N) is 2. The molecule has 4 heteroatoms. The van der Waals surface area contributed by atoms with Crippen LogP contribution in [-0.2, 0) is 0 Å². The Morgan fingerprint density at radius 1 is 0.164 bits per heavy atom. The third kappa shape index (κ3) is 13.4. The summed E-state index contributed by atoms with van der Waals surface area (Å²) >= 11 is 0. The summed E-state index contributed by atoms with van der Waals surface area (Å²) in [6.07, 6.45) is 0. The van der Waals surface area contributed by atoms with Crippen molar-refractivity contribution in [2.24, 2.45) is 9.98 Å². The minimum atomic E-state index is 0.860. The van der Waals surface area contributed by atoms with E-state index in [1.165, 1.54) is 66.8 Å². The van der Waals surface area contributed by atoms with E-state index in [2.05, 4.69) is 381 Å². The Labute approximate surface area is 686 Å². The van der Waals surface area contributed by atoms with Gasteiger partial charge in [-0.05, 0) is 250 Å². The molecule has 17 rings (SSSR count). The summed E-state index contributed by atoms with van der Waals surface area (Å²) in [4.78, 5) is 23.2. The van der Waals surface area contributed by atoms with Crippen molar-refractivity contribution in [3.8, 4) is 44.5 Å². The molecule has 0 saturated carbocycles. The number of aromatic nitrogens is 2. The molecule has 8 bridgehead atoms. The average molecular weight is 1500 g/mol. The van der Waals surface area contributed by atoms with Gasteiger partial charge in [0.05, 0.1) is 44.9 Å². The summed E-state index contributed by atoms with van der Waals surface area (Å²) in [6, 6.07) is 93.5.